The van der Waals surface area contributed by atoms with Crippen molar-refractivity contribution in [2.24, 2.45) is 0 Å². The fourth-order valence-electron chi connectivity index (χ4n) is 0.845. The molecule has 0 fully saturated rings. The summed E-state index contributed by atoms with van der Waals surface area (Å²) in [6.45, 7) is 1.98. The fraction of sp³-hybridized carbons (Fsp3) is 0.500. The highest BCUT2D eigenvalue weighted by molar-refractivity contribution is 8.00. The van der Waals surface area contributed by atoms with Gasteiger partial charge in [0.1, 0.15) is 0 Å². The van der Waals surface area contributed by atoms with Crippen LogP contribution in [0.15, 0.2) is 12.2 Å². The molecule has 0 heterocycles. The molecule has 0 saturated heterocycles. The van der Waals surface area contributed by atoms with Crippen molar-refractivity contribution in [3.63, 3.8) is 0 Å². The maximum Gasteiger partial charge on any atom is 0.336 e. The van der Waals surface area contributed by atoms with Crippen LogP contribution in [0.4, 0.5) is 0 Å². The van der Waals surface area contributed by atoms with E-state index in [4.69, 9.17) is 10.2 Å². The van der Waals surface area contributed by atoms with Crippen molar-refractivity contribution in [3.8, 4) is 0 Å². The van der Waals surface area contributed by atoms with Gasteiger partial charge in [0.25, 0.3) is 0 Å². The number of carboxylic acids is 2. The van der Waals surface area contributed by atoms with E-state index in [0.29, 0.717) is 11.8 Å². The Balaban J connectivity index is 4.20. The second-order valence-corrected chi connectivity index (χ2v) is 4.34. The Bertz CT molecular complexity index is 316. The molecule has 1 unspecified atom stereocenters. The number of nitrogens with one attached hydrogen (secondary N) is 1. The zero-order chi connectivity index (χ0) is 13.3. The van der Waals surface area contributed by atoms with Gasteiger partial charge in [-0.1, -0.05) is 13.3 Å². The molecule has 0 aromatic heterocycles. The lowest BCUT2D eigenvalue weighted by Gasteiger charge is -2.12. The van der Waals surface area contributed by atoms with Crippen LogP contribution in [0.2, 0.25) is 0 Å². The summed E-state index contributed by atoms with van der Waals surface area (Å²) in [6, 6.07) is 0. The number of carbonyl (C=O) groups excluding carboxylic acids is 1. The third kappa shape index (κ3) is 8.32. The Labute approximate surface area is 103 Å². The van der Waals surface area contributed by atoms with E-state index in [1.807, 2.05) is 6.92 Å². The van der Waals surface area contributed by atoms with E-state index in [9.17, 15) is 14.4 Å². The molecular formula is C10H15NO5S. The zero-order valence-corrected chi connectivity index (χ0v) is 10.2. The van der Waals surface area contributed by atoms with Crippen LogP contribution in [0.3, 0.4) is 0 Å². The molecule has 0 saturated carbocycles. The molecule has 0 spiro atoms. The summed E-state index contributed by atoms with van der Waals surface area (Å²) in [5.74, 6) is -2.52. The van der Waals surface area contributed by atoms with Crippen LogP contribution in [0.1, 0.15) is 19.8 Å². The van der Waals surface area contributed by atoms with Gasteiger partial charge in [0.05, 0.1) is 0 Å². The van der Waals surface area contributed by atoms with Gasteiger partial charge in [-0.05, 0) is 12.2 Å². The maximum absolute atomic E-state index is 11.2. The second-order valence-electron chi connectivity index (χ2n) is 3.12. The van der Waals surface area contributed by atoms with Crippen LogP contribution < -0.4 is 5.32 Å². The van der Waals surface area contributed by atoms with Crippen LogP contribution in [0.5, 0.6) is 0 Å². The van der Waals surface area contributed by atoms with Crippen molar-refractivity contribution in [1.82, 2.24) is 5.32 Å². The molecule has 17 heavy (non-hydrogen) atoms. The van der Waals surface area contributed by atoms with Crippen molar-refractivity contribution in [3.05, 3.63) is 12.2 Å². The van der Waals surface area contributed by atoms with Crippen LogP contribution in [0.25, 0.3) is 0 Å². The molecular weight excluding hydrogens is 246 g/mol. The van der Waals surface area contributed by atoms with Crippen molar-refractivity contribution in [2.45, 2.75) is 25.1 Å². The monoisotopic (exact) mass is 261 g/mol. The molecule has 0 bridgehead atoms. The SMILES string of the molecule is CCCCSC(NC(=O)C=CC(=O)O)C(=O)O. The Hall–Kier alpha value is -1.50. The van der Waals surface area contributed by atoms with Gasteiger partial charge in [-0.15, -0.1) is 11.8 Å². The lowest BCUT2D eigenvalue weighted by molar-refractivity contribution is -0.138. The average Bonchev–Trinajstić information content (AvgIpc) is 2.25. The van der Waals surface area contributed by atoms with Crippen molar-refractivity contribution in [2.75, 3.05) is 5.75 Å². The molecule has 0 aliphatic rings. The highest BCUT2D eigenvalue weighted by atomic mass is 32.2. The minimum absolute atomic E-state index is 0.621. The summed E-state index contributed by atoms with van der Waals surface area (Å²) >= 11 is 1.10. The molecule has 96 valence electrons. The van der Waals surface area contributed by atoms with Gasteiger partial charge in [0.2, 0.25) is 5.91 Å². The molecule has 1 atom stereocenters. The Morgan fingerprint density at radius 3 is 2.41 bits per heavy atom. The highest BCUT2D eigenvalue weighted by Gasteiger charge is 2.18. The Kier molecular flexibility index (Phi) is 7.87. The smallest absolute Gasteiger partial charge is 0.336 e. The first kappa shape index (κ1) is 15.5. The van der Waals surface area contributed by atoms with Gasteiger partial charge < -0.3 is 15.5 Å². The topological polar surface area (TPSA) is 104 Å². The third-order valence-corrected chi connectivity index (χ3v) is 2.83. The van der Waals surface area contributed by atoms with Gasteiger partial charge >= 0.3 is 11.9 Å². The van der Waals surface area contributed by atoms with E-state index in [0.717, 1.165) is 30.7 Å². The number of thioether (sulfide) groups is 1. The van der Waals surface area contributed by atoms with Crippen LogP contribution in [-0.2, 0) is 14.4 Å². The third-order valence-electron chi connectivity index (χ3n) is 1.66. The molecule has 1 amide bonds. The van der Waals surface area contributed by atoms with Crippen LogP contribution >= 0.6 is 11.8 Å². The van der Waals surface area contributed by atoms with E-state index < -0.39 is 23.2 Å². The number of carboxylic acid groups (broad SMARTS) is 2. The molecule has 6 nitrogen and oxygen atoms in total. The molecule has 0 radical (unpaired) electrons. The first-order chi connectivity index (χ1) is 7.97. The van der Waals surface area contributed by atoms with Crippen molar-refractivity contribution < 1.29 is 24.6 Å². The van der Waals surface area contributed by atoms with Crippen LogP contribution in [0, 0.1) is 0 Å². The first-order valence-electron chi connectivity index (χ1n) is 5.03. The van der Waals surface area contributed by atoms with Gasteiger partial charge in [-0.3, -0.25) is 4.79 Å². The number of carbonyl (C=O) groups is 3. The lowest BCUT2D eigenvalue weighted by atomic mass is 10.4. The van der Waals surface area contributed by atoms with E-state index in [-0.39, 0.29) is 0 Å². The zero-order valence-electron chi connectivity index (χ0n) is 9.38. The molecule has 0 aromatic carbocycles. The van der Waals surface area contributed by atoms with E-state index in [1.165, 1.54) is 0 Å². The van der Waals surface area contributed by atoms with Gasteiger partial charge in [0.15, 0.2) is 5.37 Å². The normalized spacial score (nSPS) is 12.3. The predicted molar refractivity (Wildman–Crippen MR) is 63.7 cm³/mol. The number of amides is 1. The number of hydrogen-bond acceptors (Lipinski definition) is 4. The summed E-state index contributed by atoms with van der Waals surface area (Å²) in [4.78, 5) is 32.1. The predicted octanol–water partition coefficient (Wildman–Crippen LogP) is 0.687. The lowest BCUT2D eigenvalue weighted by Crippen LogP contribution is -2.37. The largest absolute Gasteiger partial charge is 0.479 e. The summed E-state index contributed by atoms with van der Waals surface area (Å²) in [7, 11) is 0. The number of unbranched alkanes of at least 4 members (excludes halogenated alkanes) is 1. The Morgan fingerprint density at radius 1 is 1.29 bits per heavy atom. The summed E-state index contributed by atoms with van der Waals surface area (Å²) < 4.78 is 0. The quantitative estimate of drug-likeness (QED) is 0.337. The minimum atomic E-state index is -1.26. The van der Waals surface area contributed by atoms with Crippen LogP contribution in [-0.4, -0.2) is 39.2 Å². The number of rotatable bonds is 8. The first-order valence-corrected chi connectivity index (χ1v) is 6.08. The standard InChI is InChI=1S/C10H15NO5S/c1-2-3-6-17-9(10(15)16)11-7(12)4-5-8(13)14/h4-5,9H,2-3,6H2,1H3,(H,11,12)(H,13,14)(H,15,16). The fourth-order valence-corrected chi connectivity index (χ4v) is 1.88. The molecule has 0 aliphatic heterocycles. The molecule has 3 N–H and O–H groups in total. The summed E-state index contributed by atoms with van der Waals surface area (Å²) in [5.41, 5.74) is 0. The second kappa shape index (κ2) is 8.63. The summed E-state index contributed by atoms with van der Waals surface area (Å²) in [5, 5.41) is 18.3. The maximum atomic E-state index is 11.2. The number of hydrogen-bond donors (Lipinski definition) is 3. The minimum Gasteiger partial charge on any atom is -0.479 e. The molecule has 7 heteroatoms. The molecule has 0 aromatic rings. The van der Waals surface area contributed by atoms with E-state index in [1.54, 1.807) is 0 Å². The van der Waals surface area contributed by atoms with E-state index in [2.05, 4.69) is 5.32 Å². The Morgan fingerprint density at radius 2 is 1.94 bits per heavy atom. The molecule has 0 rings (SSSR count). The molecule has 0 aliphatic carbocycles. The van der Waals surface area contributed by atoms with E-state index >= 15 is 0 Å². The van der Waals surface area contributed by atoms with Crippen molar-refractivity contribution >= 4 is 29.6 Å². The van der Waals surface area contributed by atoms with Gasteiger partial charge in [-0.2, -0.15) is 0 Å². The van der Waals surface area contributed by atoms with Gasteiger partial charge in [0, 0.05) is 12.2 Å². The number of aliphatic carboxylic acids is 2. The highest BCUT2D eigenvalue weighted by Crippen LogP contribution is 2.11. The average molecular weight is 261 g/mol. The van der Waals surface area contributed by atoms with Crippen molar-refractivity contribution in [1.29, 1.82) is 0 Å². The summed E-state index contributed by atoms with van der Waals surface area (Å²) in [6.07, 6.45) is 3.24. The van der Waals surface area contributed by atoms with Gasteiger partial charge in [-0.25, -0.2) is 9.59 Å².